The third-order valence-electron chi connectivity index (χ3n) is 2.82. The fourth-order valence-corrected chi connectivity index (χ4v) is 1.48. The van der Waals surface area contributed by atoms with Crippen LogP contribution in [0.5, 0.6) is 0 Å². The Morgan fingerprint density at radius 3 is 2.17 bits per heavy atom. The molecule has 1 aromatic rings. The molecule has 3 heteroatoms. The summed E-state index contributed by atoms with van der Waals surface area (Å²) in [5.41, 5.74) is 2.50. The molecule has 0 amide bonds. The van der Waals surface area contributed by atoms with Crippen LogP contribution < -0.4 is 0 Å². The zero-order valence-corrected chi connectivity index (χ0v) is 10.8. The quantitative estimate of drug-likeness (QED) is 0.751. The van der Waals surface area contributed by atoms with Gasteiger partial charge in [0.2, 0.25) is 0 Å². The molecule has 0 N–H and O–H groups in total. The summed E-state index contributed by atoms with van der Waals surface area (Å²) in [4.78, 5) is 0. The van der Waals surface area contributed by atoms with E-state index in [-0.39, 0.29) is 0 Å². The van der Waals surface area contributed by atoms with Gasteiger partial charge in [0.1, 0.15) is 12.2 Å². The highest BCUT2D eigenvalue weighted by atomic mass is 16.6. The van der Waals surface area contributed by atoms with Crippen molar-refractivity contribution in [2.24, 2.45) is 0 Å². The fourth-order valence-electron chi connectivity index (χ4n) is 1.48. The minimum Gasteiger partial charge on any atom is -0.376 e. The van der Waals surface area contributed by atoms with Gasteiger partial charge in [-0.1, -0.05) is 36.9 Å². The van der Waals surface area contributed by atoms with Gasteiger partial charge in [0.25, 0.3) is 0 Å². The van der Waals surface area contributed by atoms with Crippen molar-refractivity contribution in [3.63, 3.8) is 0 Å². The third-order valence-corrected chi connectivity index (χ3v) is 2.82. The maximum Gasteiger partial charge on any atom is 0.104 e. The standard InChI is InChI=1S/C9H10.C6H10O3/c1-3-9-7-5-4-6-8(9)2;1(5-3-8-5)7-2-6-4-9-6/h3-7H,1H2,2H3;5-6H,1-4H2. The summed E-state index contributed by atoms with van der Waals surface area (Å²) < 4.78 is 15.1. The summed E-state index contributed by atoms with van der Waals surface area (Å²) in [6.07, 6.45) is 2.66. The van der Waals surface area contributed by atoms with Gasteiger partial charge in [-0.3, -0.25) is 0 Å². The van der Waals surface area contributed by atoms with E-state index < -0.39 is 0 Å². The monoisotopic (exact) mass is 248 g/mol. The molecule has 2 saturated heterocycles. The highest BCUT2D eigenvalue weighted by Crippen LogP contribution is 2.12. The van der Waals surface area contributed by atoms with Crippen molar-refractivity contribution in [3.8, 4) is 0 Å². The van der Waals surface area contributed by atoms with Gasteiger partial charge in [-0.2, -0.15) is 0 Å². The molecule has 0 spiro atoms. The summed E-state index contributed by atoms with van der Waals surface area (Å²) in [7, 11) is 0. The Labute approximate surface area is 108 Å². The summed E-state index contributed by atoms with van der Waals surface area (Å²) in [6.45, 7) is 9.03. The molecule has 2 fully saturated rings. The summed E-state index contributed by atoms with van der Waals surface area (Å²) >= 11 is 0. The first-order chi connectivity index (χ1) is 8.79. The number of benzene rings is 1. The van der Waals surface area contributed by atoms with Crippen LogP contribution in [0.3, 0.4) is 0 Å². The van der Waals surface area contributed by atoms with Crippen LogP contribution in [0, 0.1) is 6.92 Å². The fraction of sp³-hybridized carbons (Fsp3) is 0.467. The van der Waals surface area contributed by atoms with E-state index >= 15 is 0 Å². The van der Waals surface area contributed by atoms with Crippen LogP contribution in [0.15, 0.2) is 30.8 Å². The highest BCUT2D eigenvalue weighted by molar-refractivity contribution is 5.50. The normalized spacial score (nSPS) is 23.8. The van der Waals surface area contributed by atoms with Gasteiger partial charge in [-0.15, -0.1) is 0 Å². The Bertz CT molecular complexity index is 369. The molecular weight excluding hydrogens is 228 g/mol. The van der Waals surface area contributed by atoms with Crippen molar-refractivity contribution in [1.29, 1.82) is 0 Å². The van der Waals surface area contributed by atoms with Crippen molar-refractivity contribution >= 4 is 6.08 Å². The predicted molar refractivity (Wildman–Crippen MR) is 71.6 cm³/mol. The SMILES string of the molecule is C(OCC1CO1)C1CO1.C=Cc1ccccc1C. The van der Waals surface area contributed by atoms with E-state index in [0.29, 0.717) is 12.2 Å². The minimum atomic E-state index is 0.392. The number of hydrogen-bond acceptors (Lipinski definition) is 3. The lowest BCUT2D eigenvalue weighted by Crippen LogP contribution is -2.06. The molecule has 2 aliphatic rings. The Hall–Kier alpha value is -1.16. The van der Waals surface area contributed by atoms with Gasteiger partial charge in [-0.25, -0.2) is 0 Å². The third kappa shape index (κ3) is 5.00. The summed E-state index contributed by atoms with van der Waals surface area (Å²) in [5, 5.41) is 0. The van der Waals surface area contributed by atoms with Crippen LogP contribution in [-0.2, 0) is 14.2 Å². The average Bonchev–Trinajstić information content (AvgIpc) is 3.25. The average molecular weight is 248 g/mol. The molecule has 2 aliphatic heterocycles. The second kappa shape index (κ2) is 6.69. The molecule has 2 atom stereocenters. The second-order valence-corrected chi connectivity index (χ2v) is 4.51. The second-order valence-electron chi connectivity index (χ2n) is 4.51. The Morgan fingerprint density at radius 2 is 1.78 bits per heavy atom. The van der Waals surface area contributed by atoms with Crippen molar-refractivity contribution in [3.05, 3.63) is 42.0 Å². The van der Waals surface area contributed by atoms with E-state index in [1.54, 1.807) is 0 Å². The predicted octanol–water partition coefficient (Wildman–Crippen LogP) is 2.44. The first-order valence-electron chi connectivity index (χ1n) is 6.28. The van der Waals surface area contributed by atoms with Crippen molar-refractivity contribution < 1.29 is 14.2 Å². The number of ether oxygens (including phenoxy) is 3. The first kappa shape index (κ1) is 13.3. The van der Waals surface area contributed by atoms with E-state index in [2.05, 4.69) is 25.6 Å². The molecule has 18 heavy (non-hydrogen) atoms. The van der Waals surface area contributed by atoms with E-state index in [0.717, 1.165) is 26.4 Å². The Morgan fingerprint density at radius 1 is 1.22 bits per heavy atom. The summed E-state index contributed by atoms with van der Waals surface area (Å²) in [6, 6.07) is 8.19. The van der Waals surface area contributed by atoms with E-state index in [1.807, 2.05) is 18.2 Å². The molecule has 2 unspecified atom stereocenters. The first-order valence-corrected chi connectivity index (χ1v) is 6.28. The lowest BCUT2D eigenvalue weighted by molar-refractivity contribution is 0.102. The van der Waals surface area contributed by atoms with Crippen LogP contribution >= 0.6 is 0 Å². The van der Waals surface area contributed by atoms with Gasteiger partial charge in [0.15, 0.2) is 0 Å². The van der Waals surface area contributed by atoms with Gasteiger partial charge in [-0.05, 0) is 18.1 Å². The van der Waals surface area contributed by atoms with Crippen molar-refractivity contribution in [2.45, 2.75) is 19.1 Å². The van der Waals surface area contributed by atoms with Crippen LogP contribution in [0.1, 0.15) is 11.1 Å². The van der Waals surface area contributed by atoms with Crippen molar-refractivity contribution in [2.75, 3.05) is 26.4 Å². The van der Waals surface area contributed by atoms with E-state index in [4.69, 9.17) is 14.2 Å². The number of rotatable bonds is 5. The van der Waals surface area contributed by atoms with E-state index in [1.165, 1.54) is 11.1 Å². The van der Waals surface area contributed by atoms with Gasteiger partial charge < -0.3 is 14.2 Å². The number of aryl methyl sites for hydroxylation is 1. The maximum absolute atomic E-state index is 5.23. The zero-order valence-electron chi connectivity index (χ0n) is 10.8. The van der Waals surface area contributed by atoms with Gasteiger partial charge >= 0.3 is 0 Å². The number of epoxide rings is 2. The largest absolute Gasteiger partial charge is 0.376 e. The maximum atomic E-state index is 5.23. The van der Waals surface area contributed by atoms with Crippen molar-refractivity contribution in [1.82, 2.24) is 0 Å². The lowest BCUT2D eigenvalue weighted by Gasteiger charge is -1.95. The molecule has 1 aromatic carbocycles. The Kier molecular flexibility index (Phi) is 4.93. The zero-order chi connectivity index (χ0) is 12.8. The molecule has 2 heterocycles. The minimum absolute atomic E-state index is 0.392. The Balaban J connectivity index is 0.000000134. The molecule has 98 valence electrons. The lowest BCUT2D eigenvalue weighted by atomic mass is 10.1. The molecular formula is C15H20O3. The molecule has 0 saturated carbocycles. The smallest absolute Gasteiger partial charge is 0.104 e. The molecule has 0 aromatic heterocycles. The molecule has 0 bridgehead atoms. The van der Waals surface area contributed by atoms with Crippen LogP contribution in [0.4, 0.5) is 0 Å². The van der Waals surface area contributed by atoms with Gasteiger partial charge in [0, 0.05) is 0 Å². The number of hydrogen-bond donors (Lipinski definition) is 0. The highest BCUT2D eigenvalue weighted by Gasteiger charge is 2.26. The molecule has 3 nitrogen and oxygen atoms in total. The topological polar surface area (TPSA) is 34.3 Å². The molecule has 0 radical (unpaired) electrons. The van der Waals surface area contributed by atoms with E-state index in [9.17, 15) is 0 Å². The van der Waals surface area contributed by atoms with Crippen LogP contribution in [-0.4, -0.2) is 38.6 Å². The van der Waals surface area contributed by atoms with Gasteiger partial charge in [0.05, 0.1) is 26.4 Å². The molecule has 0 aliphatic carbocycles. The molecule has 3 rings (SSSR count). The van der Waals surface area contributed by atoms with Crippen LogP contribution in [0.25, 0.3) is 6.08 Å². The van der Waals surface area contributed by atoms with Crippen LogP contribution in [0.2, 0.25) is 0 Å². The summed E-state index contributed by atoms with van der Waals surface area (Å²) in [5.74, 6) is 0.